The van der Waals surface area contributed by atoms with Gasteiger partial charge in [0, 0.05) is 23.9 Å². The highest BCUT2D eigenvalue weighted by Crippen LogP contribution is 2.29. The molecule has 0 fully saturated rings. The molecule has 0 atom stereocenters. The molecule has 18 heavy (non-hydrogen) atoms. The molecule has 0 aliphatic heterocycles. The Balaban J connectivity index is 2.43. The lowest BCUT2D eigenvalue weighted by molar-refractivity contribution is 0.782. The van der Waals surface area contributed by atoms with Gasteiger partial charge < -0.3 is 10.3 Å². The maximum Gasteiger partial charge on any atom is 0.132 e. The zero-order chi connectivity index (χ0) is 13.1. The van der Waals surface area contributed by atoms with E-state index in [1.54, 1.807) is 11.8 Å². The summed E-state index contributed by atoms with van der Waals surface area (Å²) in [4.78, 5) is 5.78. The van der Waals surface area contributed by atoms with Crippen LogP contribution in [0.15, 0.2) is 33.8 Å². The zero-order valence-corrected chi connectivity index (χ0v) is 12.9. The van der Waals surface area contributed by atoms with Crippen LogP contribution < -0.4 is 5.73 Å². The van der Waals surface area contributed by atoms with Gasteiger partial charge in [-0.1, -0.05) is 12.1 Å². The van der Waals surface area contributed by atoms with Crippen LogP contribution in [0.3, 0.4) is 0 Å². The van der Waals surface area contributed by atoms with Gasteiger partial charge in [0.25, 0.3) is 0 Å². The predicted octanol–water partition coefficient (Wildman–Crippen LogP) is 3.07. The van der Waals surface area contributed by atoms with Gasteiger partial charge in [-0.2, -0.15) is 0 Å². The average Bonchev–Trinajstić information content (AvgIpc) is 2.65. The Morgan fingerprint density at radius 2 is 2.00 bits per heavy atom. The van der Waals surface area contributed by atoms with E-state index in [0.29, 0.717) is 6.54 Å². The quantitative estimate of drug-likeness (QED) is 0.878. The molecular weight excluding hydrogens is 310 g/mol. The van der Waals surface area contributed by atoms with Crippen LogP contribution in [0, 0.1) is 0 Å². The van der Waals surface area contributed by atoms with E-state index in [1.165, 1.54) is 4.90 Å². The molecule has 0 saturated heterocycles. The summed E-state index contributed by atoms with van der Waals surface area (Å²) in [6.45, 7) is 0.613. The minimum atomic E-state index is 0.613. The topological polar surface area (TPSA) is 43.8 Å². The van der Waals surface area contributed by atoms with Crippen LogP contribution in [-0.2, 0) is 13.5 Å². The summed E-state index contributed by atoms with van der Waals surface area (Å²) in [5, 5.41) is 0. The molecule has 1 heterocycles. The molecule has 0 saturated carbocycles. The van der Waals surface area contributed by atoms with E-state index in [4.69, 9.17) is 5.73 Å². The molecule has 1 aromatic carbocycles. The molecule has 0 unspecified atom stereocenters. The third-order valence-corrected chi connectivity index (χ3v) is 4.17. The number of rotatable bonds is 4. The number of aromatic nitrogens is 2. The van der Waals surface area contributed by atoms with Gasteiger partial charge in [0.15, 0.2) is 0 Å². The Morgan fingerprint density at radius 3 is 2.56 bits per heavy atom. The van der Waals surface area contributed by atoms with Crippen molar-refractivity contribution < 1.29 is 0 Å². The minimum Gasteiger partial charge on any atom is -0.330 e. The molecular formula is C13H16BrN3S. The summed E-state index contributed by atoms with van der Waals surface area (Å²) in [6, 6.07) is 8.50. The number of hydrogen-bond donors (Lipinski definition) is 1. The number of nitrogens with two attached hydrogens (primary N) is 1. The van der Waals surface area contributed by atoms with Crippen LogP contribution in [0.2, 0.25) is 0 Å². The number of halogens is 1. The average molecular weight is 326 g/mol. The second-order valence-corrected chi connectivity index (χ2v) is 5.62. The van der Waals surface area contributed by atoms with Gasteiger partial charge in [-0.05, 0) is 40.9 Å². The van der Waals surface area contributed by atoms with E-state index < -0.39 is 0 Å². The molecule has 2 aromatic rings. The smallest absolute Gasteiger partial charge is 0.132 e. The van der Waals surface area contributed by atoms with Gasteiger partial charge in [-0.25, -0.2) is 4.98 Å². The summed E-state index contributed by atoms with van der Waals surface area (Å²) in [6.07, 6.45) is 2.87. The van der Waals surface area contributed by atoms with Crippen molar-refractivity contribution in [1.29, 1.82) is 0 Å². The van der Waals surface area contributed by atoms with Crippen LogP contribution >= 0.6 is 27.7 Å². The fraction of sp³-hybridized carbons (Fsp3) is 0.308. The Labute approximate surface area is 120 Å². The summed E-state index contributed by atoms with van der Waals surface area (Å²) in [7, 11) is 2.03. The van der Waals surface area contributed by atoms with Gasteiger partial charge in [-0.15, -0.1) is 11.8 Å². The van der Waals surface area contributed by atoms with Gasteiger partial charge >= 0.3 is 0 Å². The summed E-state index contributed by atoms with van der Waals surface area (Å²) < 4.78 is 2.98. The Hall–Kier alpha value is -0.780. The van der Waals surface area contributed by atoms with Crippen LogP contribution in [-0.4, -0.2) is 22.4 Å². The first kappa shape index (κ1) is 13.6. The lowest BCUT2D eigenvalue weighted by Gasteiger charge is -2.06. The van der Waals surface area contributed by atoms with Crippen LogP contribution in [0.4, 0.5) is 0 Å². The highest BCUT2D eigenvalue weighted by atomic mass is 79.9. The number of hydrogen-bond acceptors (Lipinski definition) is 3. The van der Waals surface area contributed by atoms with Crippen molar-refractivity contribution in [3.8, 4) is 11.3 Å². The van der Waals surface area contributed by atoms with Gasteiger partial charge in [0.05, 0.1) is 5.69 Å². The monoisotopic (exact) mass is 325 g/mol. The Kier molecular flexibility index (Phi) is 4.48. The molecule has 96 valence electrons. The molecule has 2 N–H and O–H groups in total. The van der Waals surface area contributed by atoms with E-state index in [0.717, 1.165) is 28.1 Å². The highest BCUT2D eigenvalue weighted by molar-refractivity contribution is 9.10. The van der Waals surface area contributed by atoms with Gasteiger partial charge in [0.1, 0.15) is 10.4 Å². The van der Waals surface area contributed by atoms with Crippen molar-refractivity contribution in [2.24, 2.45) is 12.8 Å². The molecule has 5 heteroatoms. The minimum absolute atomic E-state index is 0.613. The Bertz CT molecular complexity index is 534. The lowest BCUT2D eigenvalue weighted by Crippen LogP contribution is -2.08. The fourth-order valence-electron chi connectivity index (χ4n) is 1.92. The molecule has 0 aliphatic carbocycles. The van der Waals surface area contributed by atoms with Crippen molar-refractivity contribution in [3.05, 3.63) is 34.7 Å². The number of imidazole rings is 1. The highest BCUT2D eigenvalue weighted by Gasteiger charge is 2.13. The lowest BCUT2D eigenvalue weighted by atomic mass is 10.2. The van der Waals surface area contributed by atoms with Crippen LogP contribution in [0.25, 0.3) is 11.3 Å². The first-order valence-corrected chi connectivity index (χ1v) is 7.74. The van der Waals surface area contributed by atoms with Crippen molar-refractivity contribution in [1.82, 2.24) is 9.55 Å². The normalized spacial score (nSPS) is 10.9. The van der Waals surface area contributed by atoms with Crippen LogP contribution in [0.5, 0.6) is 0 Å². The molecule has 0 radical (unpaired) electrons. The van der Waals surface area contributed by atoms with Gasteiger partial charge in [0.2, 0.25) is 0 Å². The second-order valence-electron chi connectivity index (χ2n) is 3.99. The summed E-state index contributed by atoms with van der Waals surface area (Å²) in [5.74, 6) is 1.01. The number of nitrogens with zero attached hydrogens (tertiary/aromatic N) is 2. The summed E-state index contributed by atoms with van der Waals surface area (Å²) in [5.41, 5.74) is 7.86. The molecule has 0 amide bonds. The predicted molar refractivity (Wildman–Crippen MR) is 80.9 cm³/mol. The van der Waals surface area contributed by atoms with E-state index in [2.05, 4.69) is 56.0 Å². The van der Waals surface area contributed by atoms with Gasteiger partial charge in [-0.3, -0.25) is 0 Å². The fourth-order valence-corrected chi connectivity index (χ4v) is 3.03. The molecule has 3 nitrogen and oxygen atoms in total. The van der Waals surface area contributed by atoms with Crippen molar-refractivity contribution >= 4 is 27.7 Å². The van der Waals surface area contributed by atoms with E-state index in [9.17, 15) is 0 Å². The Morgan fingerprint density at radius 1 is 1.33 bits per heavy atom. The summed E-state index contributed by atoms with van der Waals surface area (Å²) >= 11 is 5.28. The standard InChI is InChI=1S/C13H16BrN3S/c1-17-11(7-8-15)16-13(14)12(17)9-3-5-10(18-2)6-4-9/h3-6H,7-8,15H2,1-2H3. The molecule has 2 rings (SSSR count). The van der Waals surface area contributed by atoms with Crippen molar-refractivity contribution in [2.45, 2.75) is 11.3 Å². The van der Waals surface area contributed by atoms with Crippen LogP contribution in [0.1, 0.15) is 5.82 Å². The molecule has 0 aliphatic rings. The number of thioether (sulfide) groups is 1. The van der Waals surface area contributed by atoms with Crippen molar-refractivity contribution in [3.63, 3.8) is 0 Å². The first-order valence-electron chi connectivity index (χ1n) is 5.73. The molecule has 0 bridgehead atoms. The van der Waals surface area contributed by atoms with E-state index in [1.807, 2.05) is 7.05 Å². The number of benzene rings is 1. The van der Waals surface area contributed by atoms with Crippen molar-refractivity contribution in [2.75, 3.05) is 12.8 Å². The molecule has 0 spiro atoms. The largest absolute Gasteiger partial charge is 0.330 e. The SMILES string of the molecule is CSc1ccc(-c2c(Br)nc(CCN)n2C)cc1. The van der Waals surface area contributed by atoms with E-state index >= 15 is 0 Å². The van der Waals surface area contributed by atoms with E-state index in [-0.39, 0.29) is 0 Å². The molecule has 1 aromatic heterocycles. The first-order chi connectivity index (χ1) is 8.67. The zero-order valence-electron chi connectivity index (χ0n) is 10.5. The second kappa shape index (κ2) is 5.91. The maximum absolute atomic E-state index is 5.59. The maximum atomic E-state index is 5.59. The third kappa shape index (κ3) is 2.63. The third-order valence-electron chi connectivity index (χ3n) is 2.88.